The lowest BCUT2D eigenvalue weighted by molar-refractivity contribution is -0.119. The first-order valence-corrected chi connectivity index (χ1v) is 6.63. The summed E-state index contributed by atoms with van der Waals surface area (Å²) in [6.45, 7) is 0.695. The molecular formula is C12H13BrN4O2. The molecule has 19 heavy (non-hydrogen) atoms. The van der Waals surface area contributed by atoms with Crippen molar-refractivity contribution in [3.8, 4) is 12.3 Å². The minimum atomic E-state index is -0.279. The molecule has 100 valence electrons. The highest BCUT2D eigenvalue weighted by Crippen LogP contribution is 2.17. The second kappa shape index (κ2) is 5.89. The first-order valence-electron chi connectivity index (χ1n) is 5.84. The van der Waals surface area contributed by atoms with Crippen molar-refractivity contribution in [2.24, 2.45) is 0 Å². The molecule has 0 aromatic carbocycles. The number of carbonyl (C=O) groups is 1. The van der Waals surface area contributed by atoms with Crippen molar-refractivity contribution < 1.29 is 4.79 Å². The average Bonchev–Trinajstić information content (AvgIpc) is 2.80. The summed E-state index contributed by atoms with van der Waals surface area (Å²) in [5.41, 5.74) is 0.317. The van der Waals surface area contributed by atoms with Crippen LogP contribution in [0.3, 0.4) is 0 Å². The molecular weight excluding hydrogens is 312 g/mol. The molecule has 1 atom stereocenters. The highest BCUT2D eigenvalue weighted by Gasteiger charge is 2.20. The second-order valence-electron chi connectivity index (χ2n) is 4.22. The Hall–Kier alpha value is -1.81. The molecule has 1 aromatic rings. The first-order chi connectivity index (χ1) is 9.11. The Labute approximate surface area is 118 Å². The minimum absolute atomic E-state index is 0.0634. The van der Waals surface area contributed by atoms with Gasteiger partial charge in [-0.2, -0.15) is 5.10 Å². The number of halogens is 1. The van der Waals surface area contributed by atoms with Crippen LogP contribution in [0.25, 0.3) is 0 Å². The molecule has 0 saturated carbocycles. The molecule has 1 saturated heterocycles. The lowest BCUT2D eigenvalue weighted by Gasteiger charge is -2.13. The maximum absolute atomic E-state index is 11.9. The quantitative estimate of drug-likeness (QED) is 0.783. The van der Waals surface area contributed by atoms with Gasteiger partial charge in [0.05, 0.1) is 11.9 Å². The van der Waals surface area contributed by atoms with Gasteiger partial charge in [-0.05, 0) is 22.4 Å². The number of anilines is 1. The van der Waals surface area contributed by atoms with Crippen LogP contribution in [0.1, 0.15) is 12.8 Å². The van der Waals surface area contributed by atoms with E-state index < -0.39 is 0 Å². The van der Waals surface area contributed by atoms with E-state index in [1.807, 2.05) is 0 Å². The van der Waals surface area contributed by atoms with Gasteiger partial charge in [-0.15, -0.1) is 6.42 Å². The molecule has 0 radical (unpaired) electrons. The van der Waals surface area contributed by atoms with E-state index in [1.165, 1.54) is 4.68 Å². The Morgan fingerprint density at radius 1 is 1.63 bits per heavy atom. The van der Waals surface area contributed by atoms with Crippen LogP contribution in [0, 0.1) is 12.3 Å². The van der Waals surface area contributed by atoms with E-state index in [1.54, 1.807) is 6.20 Å². The van der Waals surface area contributed by atoms with E-state index in [4.69, 9.17) is 6.42 Å². The first kappa shape index (κ1) is 13.6. The normalized spacial score (nSPS) is 17.9. The van der Waals surface area contributed by atoms with Crippen molar-refractivity contribution in [3.63, 3.8) is 0 Å². The van der Waals surface area contributed by atoms with Crippen LogP contribution < -0.4 is 16.2 Å². The number of hydrogen-bond acceptors (Lipinski definition) is 4. The van der Waals surface area contributed by atoms with Crippen molar-refractivity contribution >= 4 is 27.5 Å². The van der Waals surface area contributed by atoms with E-state index in [2.05, 4.69) is 37.6 Å². The molecule has 0 aliphatic carbocycles. The molecule has 2 heterocycles. The van der Waals surface area contributed by atoms with Crippen molar-refractivity contribution in [1.82, 2.24) is 15.1 Å². The minimum Gasteiger partial charge on any atom is -0.381 e. The van der Waals surface area contributed by atoms with E-state index in [0.29, 0.717) is 23.1 Å². The maximum atomic E-state index is 11.9. The van der Waals surface area contributed by atoms with Crippen LogP contribution >= 0.6 is 15.9 Å². The van der Waals surface area contributed by atoms with Gasteiger partial charge in [-0.3, -0.25) is 9.59 Å². The molecule has 7 heteroatoms. The van der Waals surface area contributed by atoms with Gasteiger partial charge in [0, 0.05) is 19.0 Å². The lowest BCUT2D eigenvalue weighted by atomic mass is 10.2. The Morgan fingerprint density at radius 3 is 3.05 bits per heavy atom. The van der Waals surface area contributed by atoms with Gasteiger partial charge in [0.2, 0.25) is 5.91 Å². The van der Waals surface area contributed by atoms with Crippen molar-refractivity contribution in [3.05, 3.63) is 21.0 Å². The van der Waals surface area contributed by atoms with Gasteiger partial charge >= 0.3 is 0 Å². The number of nitrogens with one attached hydrogen (secondary N) is 2. The summed E-state index contributed by atoms with van der Waals surface area (Å²) in [5.74, 6) is 2.43. The van der Waals surface area contributed by atoms with Crippen LogP contribution in [0.2, 0.25) is 0 Å². The summed E-state index contributed by atoms with van der Waals surface area (Å²) in [5, 5.41) is 9.91. The smallest absolute Gasteiger partial charge is 0.284 e. The largest absolute Gasteiger partial charge is 0.381 e. The summed E-state index contributed by atoms with van der Waals surface area (Å²) >= 11 is 3.23. The lowest BCUT2D eigenvalue weighted by Crippen LogP contribution is -2.32. The highest BCUT2D eigenvalue weighted by atomic mass is 79.9. The fraction of sp³-hybridized carbons (Fsp3) is 0.417. The van der Waals surface area contributed by atoms with Crippen LogP contribution in [0.4, 0.5) is 5.69 Å². The number of terminal acetylenes is 1. The summed E-state index contributed by atoms with van der Waals surface area (Å²) in [6, 6.07) is 0.0903. The molecule has 6 nitrogen and oxygen atoms in total. The predicted octanol–water partition coefficient (Wildman–Crippen LogP) is 0.329. The fourth-order valence-corrected chi connectivity index (χ4v) is 2.30. The molecule has 1 fully saturated rings. The van der Waals surface area contributed by atoms with E-state index in [0.717, 1.165) is 6.42 Å². The number of carbonyl (C=O) groups excluding carboxylic acids is 1. The van der Waals surface area contributed by atoms with E-state index in [9.17, 15) is 9.59 Å². The molecule has 1 amide bonds. The highest BCUT2D eigenvalue weighted by molar-refractivity contribution is 9.10. The molecule has 1 aromatic heterocycles. The Morgan fingerprint density at radius 2 is 2.42 bits per heavy atom. The van der Waals surface area contributed by atoms with Gasteiger partial charge in [0.25, 0.3) is 5.56 Å². The van der Waals surface area contributed by atoms with Gasteiger partial charge < -0.3 is 10.6 Å². The zero-order chi connectivity index (χ0) is 13.8. The summed E-state index contributed by atoms with van der Waals surface area (Å²) in [4.78, 5) is 22.9. The van der Waals surface area contributed by atoms with Crippen LogP contribution in [-0.4, -0.2) is 28.3 Å². The zero-order valence-electron chi connectivity index (χ0n) is 10.1. The molecule has 2 N–H and O–H groups in total. The number of aromatic nitrogens is 2. The molecule has 2 rings (SSSR count). The summed E-state index contributed by atoms with van der Waals surface area (Å²) in [7, 11) is 0. The number of rotatable bonds is 4. The molecule has 1 unspecified atom stereocenters. The number of nitrogens with zero attached hydrogens (tertiary/aromatic N) is 2. The van der Waals surface area contributed by atoms with Crippen LogP contribution in [0.15, 0.2) is 15.5 Å². The van der Waals surface area contributed by atoms with E-state index in [-0.39, 0.29) is 24.1 Å². The third kappa shape index (κ3) is 3.15. The standard InChI is InChI=1S/C12H13BrN4O2/c1-2-5-17-12(19)11(13)9(7-15-17)14-6-8-3-4-10(18)16-8/h1,7-8,14H,3-6H2,(H,16,18). The summed E-state index contributed by atoms with van der Waals surface area (Å²) < 4.78 is 1.59. The zero-order valence-corrected chi connectivity index (χ0v) is 11.7. The number of amides is 1. The Kier molecular flexibility index (Phi) is 4.22. The Bertz CT molecular complexity index is 590. The van der Waals surface area contributed by atoms with E-state index >= 15 is 0 Å². The monoisotopic (exact) mass is 324 g/mol. The van der Waals surface area contributed by atoms with Crippen molar-refractivity contribution in [2.75, 3.05) is 11.9 Å². The SMILES string of the molecule is C#CCn1ncc(NCC2CCC(=O)N2)c(Br)c1=O. The van der Waals surface area contributed by atoms with Gasteiger partial charge in [0.15, 0.2) is 0 Å². The maximum Gasteiger partial charge on any atom is 0.284 e. The predicted molar refractivity (Wildman–Crippen MR) is 74.7 cm³/mol. The van der Waals surface area contributed by atoms with Crippen molar-refractivity contribution in [2.45, 2.75) is 25.4 Å². The number of hydrogen-bond donors (Lipinski definition) is 2. The topological polar surface area (TPSA) is 76.0 Å². The molecule has 0 bridgehead atoms. The van der Waals surface area contributed by atoms with Gasteiger partial charge in [0.1, 0.15) is 11.0 Å². The van der Waals surface area contributed by atoms with Gasteiger partial charge in [-0.1, -0.05) is 5.92 Å². The Balaban J connectivity index is 2.05. The average molecular weight is 325 g/mol. The molecule has 1 aliphatic heterocycles. The third-order valence-electron chi connectivity index (χ3n) is 2.85. The molecule has 0 spiro atoms. The third-order valence-corrected chi connectivity index (χ3v) is 3.62. The molecule has 1 aliphatic rings. The fourth-order valence-electron chi connectivity index (χ4n) is 1.85. The summed E-state index contributed by atoms with van der Waals surface area (Å²) in [6.07, 6.45) is 8.04. The second-order valence-corrected chi connectivity index (χ2v) is 5.02. The van der Waals surface area contributed by atoms with Gasteiger partial charge in [-0.25, -0.2) is 4.68 Å². The van der Waals surface area contributed by atoms with Crippen molar-refractivity contribution in [1.29, 1.82) is 0 Å². The van der Waals surface area contributed by atoms with Crippen LogP contribution in [0.5, 0.6) is 0 Å². The van der Waals surface area contributed by atoms with Crippen LogP contribution in [-0.2, 0) is 11.3 Å².